The number of hydrogen-bond donors (Lipinski definition) is 1. The van der Waals surface area contributed by atoms with Crippen LogP contribution in [0.25, 0.3) is 0 Å². The van der Waals surface area contributed by atoms with Crippen molar-refractivity contribution in [2.45, 2.75) is 91.2 Å². The molecule has 0 unspecified atom stereocenters. The Morgan fingerprint density at radius 1 is 0.889 bits per heavy atom. The summed E-state index contributed by atoms with van der Waals surface area (Å²) in [6.45, 7) is 8.27. The third kappa shape index (κ3) is 7.98. The highest BCUT2D eigenvalue weighted by Gasteiger charge is 2.39. The Morgan fingerprint density at radius 2 is 1.44 bits per heavy atom. The van der Waals surface area contributed by atoms with Crippen LogP contribution in [0, 0.1) is 29.1 Å². The van der Waals surface area contributed by atoms with E-state index < -0.39 is 13.3 Å². The molecule has 45 heavy (non-hydrogen) atoms. The summed E-state index contributed by atoms with van der Waals surface area (Å²) in [6.07, 6.45) is 5.85. The third-order valence-electron chi connectivity index (χ3n) is 8.83. The van der Waals surface area contributed by atoms with E-state index in [4.69, 9.17) is 4.52 Å². The fourth-order valence-corrected chi connectivity index (χ4v) is 9.50. The van der Waals surface area contributed by atoms with Crippen LogP contribution in [0.4, 0.5) is 5.69 Å². The van der Waals surface area contributed by atoms with Crippen molar-refractivity contribution >= 4 is 46.9 Å². The fourth-order valence-electron chi connectivity index (χ4n) is 6.36. The van der Waals surface area contributed by atoms with Gasteiger partial charge in [-0.2, -0.15) is 0 Å². The first kappa shape index (κ1) is 33.2. The quantitative estimate of drug-likeness (QED) is 0.197. The second-order valence-corrected chi connectivity index (χ2v) is 17.0. The number of carboxylic acids is 1. The molecular weight excluding hydrogens is 601 g/mol. The molecule has 0 atom stereocenters. The van der Waals surface area contributed by atoms with Crippen LogP contribution in [0.1, 0.15) is 93.6 Å². The van der Waals surface area contributed by atoms with Gasteiger partial charge in [0.05, 0.1) is 16.7 Å². The van der Waals surface area contributed by atoms with Gasteiger partial charge in [-0.05, 0) is 108 Å². The molecule has 1 amide bonds. The van der Waals surface area contributed by atoms with E-state index in [9.17, 15) is 19.3 Å². The molecule has 2 fully saturated rings. The van der Waals surface area contributed by atoms with Crippen LogP contribution < -0.4 is 15.5 Å². The molecule has 0 spiro atoms. The highest BCUT2D eigenvalue weighted by molar-refractivity contribution is 7.74. The van der Waals surface area contributed by atoms with Crippen molar-refractivity contribution < 1.29 is 23.8 Å². The highest BCUT2D eigenvalue weighted by atomic mass is 32.1. The molecule has 2 aliphatic rings. The average Bonchev–Trinajstić information content (AvgIpc) is 3.46. The number of hydrogen-bond acceptors (Lipinski definition) is 5. The molecule has 0 bridgehead atoms. The number of rotatable bonds is 8. The largest absolute Gasteiger partial charge is 0.477 e. The van der Waals surface area contributed by atoms with Gasteiger partial charge in [0, 0.05) is 28.0 Å². The van der Waals surface area contributed by atoms with E-state index in [1.54, 1.807) is 11.0 Å². The fraction of sp³-hybridized carbons (Fsp3) is 0.459. The predicted octanol–water partition coefficient (Wildman–Crippen LogP) is 8.26. The molecule has 0 saturated heterocycles. The number of carbonyl (C=O) groups is 2. The number of nitrogens with zero attached hydrogens (tertiary/aromatic N) is 1. The minimum atomic E-state index is -3.35. The van der Waals surface area contributed by atoms with Gasteiger partial charge in [0.1, 0.15) is 4.88 Å². The van der Waals surface area contributed by atoms with Crippen molar-refractivity contribution in [2.75, 3.05) is 4.90 Å². The van der Waals surface area contributed by atoms with Crippen LogP contribution in [0.15, 0.2) is 66.7 Å². The molecular formula is C37H44NO5PS. The van der Waals surface area contributed by atoms with Crippen LogP contribution in [-0.2, 0) is 13.9 Å². The Kier molecular flexibility index (Phi) is 10.4. The Bertz CT molecular complexity index is 1540. The summed E-state index contributed by atoms with van der Waals surface area (Å²) in [7, 11) is -3.35. The zero-order valence-corrected chi connectivity index (χ0v) is 28.4. The summed E-state index contributed by atoms with van der Waals surface area (Å²) >= 11 is 1.14. The second-order valence-electron chi connectivity index (χ2n) is 13.6. The molecule has 1 aromatic heterocycles. The van der Waals surface area contributed by atoms with Crippen molar-refractivity contribution in [2.24, 2.45) is 17.3 Å². The van der Waals surface area contributed by atoms with Gasteiger partial charge in [0.15, 0.2) is 0 Å². The number of aromatic carboxylic acids is 1. The van der Waals surface area contributed by atoms with Crippen LogP contribution in [-0.4, -0.2) is 29.1 Å². The molecule has 2 saturated carbocycles. The minimum Gasteiger partial charge on any atom is -0.477 e. The number of anilines is 1. The van der Waals surface area contributed by atoms with Gasteiger partial charge >= 0.3 is 5.97 Å². The topological polar surface area (TPSA) is 83.9 Å². The molecule has 6 nitrogen and oxygen atoms in total. The van der Waals surface area contributed by atoms with Crippen LogP contribution in [0.2, 0.25) is 0 Å². The lowest BCUT2D eigenvalue weighted by Crippen LogP contribution is -2.47. The molecule has 1 N–H and O–H groups in total. The summed E-state index contributed by atoms with van der Waals surface area (Å²) in [6, 6.07) is 20.4. The molecule has 238 valence electrons. The molecule has 2 aromatic carbocycles. The zero-order valence-electron chi connectivity index (χ0n) is 26.7. The van der Waals surface area contributed by atoms with Crippen LogP contribution in [0.5, 0.6) is 0 Å². The molecule has 0 radical (unpaired) electrons. The SMILES string of the molecule is CC(C)(C)C#Cc1cc(N(C(=O)[C@H]2CC[C@H](C)CC2)[C@H]2CC[C@H](OP(=O)(c3ccccc3)c3ccccc3)CC2)c(C(=O)O)s1. The van der Waals surface area contributed by atoms with Crippen molar-refractivity contribution in [3.8, 4) is 11.8 Å². The van der Waals surface area contributed by atoms with Gasteiger partial charge in [0.2, 0.25) is 5.91 Å². The van der Waals surface area contributed by atoms with Crippen molar-refractivity contribution in [3.05, 3.63) is 76.5 Å². The summed E-state index contributed by atoms with van der Waals surface area (Å²) < 4.78 is 21.1. The smallest absolute Gasteiger partial charge is 0.348 e. The maximum Gasteiger partial charge on any atom is 0.348 e. The summed E-state index contributed by atoms with van der Waals surface area (Å²) in [5, 5.41) is 11.6. The first-order chi connectivity index (χ1) is 21.4. The predicted molar refractivity (Wildman–Crippen MR) is 183 cm³/mol. The molecule has 2 aliphatic carbocycles. The Morgan fingerprint density at radius 3 is 1.96 bits per heavy atom. The number of carbonyl (C=O) groups excluding carboxylic acids is 1. The second kappa shape index (κ2) is 14.1. The van der Waals surface area contributed by atoms with Crippen molar-refractivity contribution in [1.82, 2.24) is 0 Å². The number of amides is 1. The summed E-state index contributed by atoms with van der Waals surface area (Å²) in [5.41, 5.74) is 0.219. The number of carboxylic acid groups (broad SMARTS) is 1. The van der Waals surface area contributed by atoms with Crippen molar-refractivity contribution in [1.29, 1.82) is 0 Å². The third-order valence-corrected chi connectivity index (χ3v) is 12.4. The van der Waals surface area contributed by atoms with Gasteiger partial charge < -0.3 is 14.5 Å². The van der Waals surface area contributed by atoms with Gasteiger partial charge in [-0.15, -0.1) is 11.3 Å². The van der Waals surface area contributed by atoms with E-state index in [1.165, 1.54) is 0 Å². The van der Waals surface area contributed by atoms with E-state index in [2.05, 4.69) is 18.8 Å². The van der Waals surface area contributed by atoms with Crippen LogP contribution >= 0.6 is 18.7 Å². The average molecular weight is 646 g/mol. The molecule has 0 aliphatic heterocycles. The number of thiophene rings is 1. The van der Waals surface area contributed by atoms with Gasteiger partial charge in [-0.1, -0.05) is 55.2 Å². The Labute approximate surface area is 271 Å². The first-order valence-corrected chi connectivity index (χ1v) is 18.5. The molecule has 5 rings (SSSR count). The van der Waals surface area contributed by atoms with E-state index in [-0.39, 0.29) is 34.3 Å². The van der Waals surface area contributed by atoms with E-state index in [0.29, 0.717) is 52.8 Å². The van der Waals surface area contributed by atoms with Gasteiger partial charge in [0.25, 0.3) is 7.37 Å². The first-order valence-electron chi connectivity index (χ1n) is 16.1. The molecule has 1 heterocycles. The summed E-state index contributed by atoms with van der Waals surface area (Å²) in [4.78, 5) is 29.4. The molecule has 8 heteroatoms. The maximum atomic E-state index is 14.6. The lowest BCUT2D eigenvalue weighted by Gasteiger charge is -2.40. The number of benzene rings is 2. The normalized spacial score (nSPS) is 22.2. The van der Waals surface area contributed by atoms with E-state index >= 15 is 0 Å². The van der Waals surface area contributed by atoms with E-state index in [0.717, 1.165) is 37.0 Å². The maximum absolute atomic E-state index is 14.6. The minimum absolute atomic E-state index is 0.0149. The van der Waals surface area contributed by atoms with Gasteiger partial charge in [-0.3, -0.25) is 9.36 Å². The Balaban J connectivity index is 1.43. The lowest BCUT2D eigenvalue weighted by atomic mass is 9.81. The lowest BCUT2D eigenvalue weighted by molar-refractivity contribution is -0.124. The summed E-state index contributed by atoms with van der Waals surface area (Å²) in [5.74, 6) is 5.81. The Hall–Kier alpha value is -3.17. The zero-order chi connectivity index (χ0) is 32.2. The standard InChI is InChI=1S/C37H44NO5PS/c1-26-15-17-27(18-16-26)35(39)38(33-25-32(23-24-37(2,3)4)45-34(33)36(40)41)28-19-21-29(22-20-28)43-44(42,30-11-7-5-8-12-30)31-13-9-6-10-14-31/h5-14,25-29H,15-22H2,1-4H3,(H,40,41)/t26-,27-,28-,29-. The highest BCUT2D eigenvalue weighted by Crippen LogP contribution is 2.48. The van der Waals surface area contributed by atoms with Gasteiger partial charge in [-0.25, -0.2) is 4.79 Å². The van der Waals surface area contributed by atoms with Crippen LogP contribution in [0.3, 0.4) is 0 Å². The van der Waals surface area contributed by atoms with Crippen molar-refractivity contribution in [3.63, 3.8) is 0 Å². The van der Waals surface area contributed by atoms with E-state index in [1.807, 2.05) is 81.4 Å². The molecule has 3 aromatic rings. The monoisotopic (exact) mass is 645 g/mol.